The molecule has 0 fully saturated rings. The van der Waals surface area contributed by atoms with Crippen LogP contribution in [0.3, 0.4) is 0 Å². The summed E-state index contributed by atoms with van der Waals surface area (Å²) in [6.45, 7) is 12.5. The molecule has 0 aliphatic carbocycles. The Hall–Kier alpha value is -3.58. The molecule has 1 heterocycles. The maximum Gasteiger partial charge on any atom is 0.198 e. The van der Waals surface area contributed by atoms with Crippen molar-refractivity contribution in [1.82, 2.24) is 0 Å². The molecule has 5 aromatic rings. The van der Waals surface area contributed by atoms with E-state index in [1.807, 2.05) is 0 Å². The fourth-order valence-corrected chi connectivity index (χ4v) is 7.39. The predicted octanol–water partition coefficient (Wildman–Crippen LogP) is 8.53. The molecule has 36 heavy (non-hydrogen) atoms. The van der Waals surface area contributed by atoms with Crippen molar-refractivity contribution >= 4 is 22.9 Å². The molecular weight excluding hydrogens is 431 g/mol. The van der Waals surface area contributed by atoms with Gasteiger partial charge in [0, 0.05) is 0 Å². The number of hydrogen-bond acceptors (Lipinski definition) is 0. The molecule has 0 saturated heterocycles. The molecule has 0 atom stereocenters. The minimum atomic E-state index is -0.0736. The Morgan fingerprint density at radius 3 is 1.67 bits per heavy atom. The van der Waals surface area contributed by atoms with Gasteiger partial charge in [0.1, 0.15) is 0 Å². The minimum Gasteiger partial charge on any atom is -0.0628 e. The zero-order valence-electron chi connectivity index (χ0n) is 22.0. The first kappa shape index (κ1) is 22.9. The van der Waals surface area contributed by atoms with Gasteiger partial charge in [-0.05, 0) is 67.3 Å². The molecule has 0 N–H and O–H groups in total. The molecule has 0 amide bonds. The second-order valence-corrected chi connectivity index (χ2v) is 11.5. The molecule has 0 nitrogen and oxygen atoms in total. The van der Waals surface area contributed by atoms with Crippen LogP contribution in [0, 0.1) is 6.92 Å². The van der Waals surface area contributed by atoms with Gasteiger partial charge in [-0.25, -0.2) is 0 Å². The molecule has 6 rings (SSSR count). The van der Waals surface area contributed by atoms with Crippen LogP contribution in [-0.2, 0) is 10.6 Å². The van der Waals surface area contributed by atoms with Crippen molar-refractivity contribution in [3.63, 3.8) is 0 Å². The molecule has 1 aliphatic rings. The first-order chi connectivity index (χ1) is 17.3. The summed E-state index contributed by atoms with van der Waals surface area (Å²) in [5.41, 5.74) is 11.1. The van der Waals surface area contributed by atoms with Crippen molar-refractivity contribution in [3.8, 4) is 22.3 Å². The van der Waals surface area contributed by atoms with Crippen molar-refractivity contribution in [2.75, 3.05) is 0 Å². The normalized spacial score (nSPS) is 15.8. The topological polar surface area (TPSA) is 0 Å². The maximum absolute atomic E-state index is 2.48. The van der Waals surface area contributed by atoms with E-state index in [1.54, 1.807) is 0 Å². The molecule has 0 bridgehead atoms. The van der Waals surface area contributed by atoms with Gasteiger partial charge in [0.05, 0.1) is 0 Å². The minimum absolute atomic E-state index is 0.0712. The molecule has 5 aromatic carbocycles. The highest BCUT2D eigenvalue weighted by molar-refractivity contribution is 6.81. The predicted molar refractivity (Wildman–Crippen MR) is 157 cm³/mol. The van der Waals surface area contributed by atoms with Crippen LogP contribution in [0.4, 0.5) is 0 Å². The van der Waals surface area contributed by atoms with E-state index < -0.39 is 0 Å². The summed E-state index contributed by atoms with van der Waals surface area (Å²) in [5, 5.41) is 2.67. The van der Waals surface area contributed by atoms with E-state index in [0.29, 0.717) is 0 Å². The lowest BCUT2D eigenvalue weighted by Gasteiger charge is -2.50. The first-order valence-corrected chi connectivity index (χ1v) is 13.1. The van der Waals surface area contributed by atoms with Gasteiger partial charge in [-0.15, -0.1) is 0 Å². The van der Waals surface area contributed by atoms with Crippen LogP contribution in [0.25, 0.3) is 33.0 Å². The van der Waals surface area contributed by atoms with Crippen LogP contribution in [0.5, 0.6) is 0 Å². The number of aryl methyl sites for hydroxylation is 1. The van der Waals surface area contributed by atoms with Gasteiger partial charge in [-0.2, -0.15) is 0 Å². The molecule has 1 aliphatic heterocycles. The summed E-state index contributed by atoms with van der Waals surface area (Å²) in [6, 6.07) is 40.3. The van der Waals surface area contributed by atoms with Gasteiger partial charge in [0.25, 0.3) is 0 Å². The fourth-order valence-electron chi connectivity index (χ4n) is 7.39. The molecule has 0 saturated carbocycles. The third kappa shape index (κ3) is 3.29. The third-order valence-corrected chi connectivity index (χ3v) is 8.60. The van der Waals surface area contributed by atoms with E-state index in [9.17, 15) is 0 Å². The lowest BCUT2D eigenvalue weighted by atomic mass is 9.16. The molecular formula is C35H33B. The average Bonchev–Trinajstić information content (AvgIpc) is 2.88. The Bertz CT molecular complexity index is 1520. The summed E-state index contributed by atoms with van der Waals surface area (Å²) in [7, 11) is 0. The summed E-state index contributed by atoms with van der Waals surface area (Å²) in [4.78, 5) is 0. The second-order valence-electron chi connectivity index (χ2n) is 11.5. The van der Waals surface area contributed by atoms with Crippen molar-refractivity contribution in [1.29, 1.82) is 0 Å². The van der Waals surface area contributed by atoms with Crippen LogP contribution >= 0.6 is 0 Å². The number of rotatable bonds is 3. The summed E-state index contributed by atoms with van der Waals surface area (Å²) in [5.74, 6) is 0. The second kappa shape index (κ2) is 8.24. The van der Waals surface area contributed by atoms with E-state index in [4.69, 9.17) is 0 Å². The van der Waals surface area contributed by atoms with E-state index in [1.165, 1.54) is 55.2 Å². The Kier molecular flexibility index (Phi) is 5.23. The Morgan fingerprint density at radius 2 is 1.08 bits per heavy atom. The molecule has 1 heteroatoms. The average molecular weight is 464 g/mol. The van der Waals surface area contributed by atoms with Crippen molar-refractivity contribution < 1.29 is 0 Å². The fraction of sp³-hybridized carbons (Fsp3) is 0.200. The highest BCUT2D eigenvalue weighted by atomic mass is 14.4. The van der Waals surface area contributed by atoms with Gasteiger partial charge in [0.15, 0.2) is 6.71 Å². The zero-order valence-corrected chi connectivity index (χ0v) is 22.0. The summed E-state index contributed by atoms with van der Waals surface area (Å²) < 4.78 is 0. The van der Waals surface area contributed by atoms with Gasteiger partial charge in [0.2, 0.25) is 0 Å². The molecule has 0 aromatic heterocycles. The lowest BCUT2D eigenvalue weighted by molar-refractivity contribution is 0.633. The van der Waals surface area contributed by atoms with Crippen molar-refractivity contribution in [2.45, 2.75) is 45.2 Å². The smallest absolute Gasteiger partial charge is 0.0628 e. The maximum atomic E-state index is 2.48. The van der Waals surface area contributed by atoms with Gasteiger partial charge in [-0.3, -0.25) is 0 Å². The Balaban J connectivity index is 1.75. The van der Waals surface area contributed by atoms with Crippen LogP contribution in [0.1, 0.15) is 44.4 Å². The van der Waals surface area contributed by atoms with E-state index in [-0.39, 0.29) is 17.3 Å². The highest BCUT2D eigenvalue weighted by Gasteiger charge is 2.53. The quantitative estimate of drug-likeness (QED) is 0.235. The van der Waals surface area contributed by atoms with E-state index in [2.05, 4.69) is 144 Å². The summed E-state index contributed by atoms with van der Waals surface area (Å²) >= 11 is 0. The number of hydrogen-bond donors (Lipinski definition) is 0. The number of benzene rings is 5. The van der Waals surface area contributed by atoms with Gasteiger partial charge >= 0.3 is 0 Å². The Morgan fingerprint density at radius 1 is 0.528 bits per heavy atom. The Labute approximate surface area is 216 Å². The standard InChI is InChI=1S/C35H33B/c1-24-22-23-27-18-12-21-30-31(27)32(24)35(4,5)36(34(30,2)3)33-28(25-14-8-6-9-15-25)19-13-20-29(33)26-16-10-7-11-17-26/h6-23H,1-5H3. The monoisotopic (exact) mass is 464 g/mol. The molecule has 0 spiro atoms. The van der Waals surface area contributed by atoms with Crippen molar-refractivity contribution in [2.24, 2.45) is 0 Å². The van der Waals surface area contributed by atoms with Crippen LogP contribution in [-0.4, -0.2) is 6.71 Å². The van der Waals surface area contributed by atoms with Gasteiger partial charge in [-0.1, -0.05) is 142 Å². The van der Waals surface area contributed by atoms with Gasteiger partial charge < -0.3 is 0 Å². The molecule has 0 radical (unpaired) electrons. The van der Waals surface area contributed by atoms with Crippen LogP contribution < -0.4 is 5.46 Å². The largest absolute Gasteiger partial charge is 0.198 e. The van der Waals surface area contributed by atoms with Crippen molar-refractivity contribution in [3.05, 3.63) is 126 Å². The van der Waals surface area contributed by atoms with Crippen LogP contribution in [0.2, 0.25) is 0 Å². The SMILES string of the molecule is Cc1ccc2cccc3c2c1C(C)(C)B(c1c(-c2ccccc2)cccc1-c1ccccc1)C3(C)C. The molecule has 0 unspecified atom stereocenters. The zero-order chi connectivity index (χ0) is 25.1. The third-order valence-electron chi connectivity index (χ3n) is 8.60. The molecule has 176 valence electrons. The highest BCUT2D eigenvalue weighted by Crippen LogP contribution is 2.50. The summed E-state index contributed by atoms with van der Waals surface area (Å²) in [6.07, 6.45) is 0. The van der Waals surface area contributed by atoms with E-state index in [0.717, 1.165) is 0 Å². The first-order valence-electron chi connectivity index (χ1n) is 13.1. The lowest BCUT2D eigenvalue weighted by Crippen LogP contribution is -2.62. The van der Waals surface area contributed by atoms with Crippen LogP contribution in [0.15, 0.2) is 109 Å². The van der Waals surface area contributed by atoms with E-state index >= 15 is 0 Å².